The van der Waals surface area contributed by atoms with Crippen LogP contribution in [0.1, 0.15) is 35.2 Å². The zero-order valence-corrected chi connectivity index (χ0v) is 25.1. The minimum Gasteiger partial charge on any atom is -0.493 e. The average molecular weight is 653 g/mol. The van der Waals surface area contributed by atoms with Crippen molar-refractivity contribution < 1.29 is 14.3 Å². The SMILES string of the molecule is COc1cc(C2C(C(=O)Nc3cccc(C)c3C)=C(C)Nc3ncnn32)cc(Br)c1OCc1cccc(Br)c1. The number of methoxy groups -OCH3 is 1. The Hall–Kier alpha value is -3.63. The van der Waals surface area contributed by atoms with E-state index in [1.54, 1.807) is 11.8 Å². The molecule has 0 aliphatic carbocycles. The van der Waals surface area contributed by atoms with Crippen LogP contribution < -0.4 is 20.1 Å². The molecule has 200 valence electrons. The molecule has 1 amide bonds. The summed E-state index contributed by atoms with van der Waals surface area (Å²) in [5, 5.41) is 10.8. The Morgan fingerprint density at radius 3 is 2.67 bits per heavy atom. The van der Waals surface area contributed by atoms with Crippen LogP contribution in [0, 0.1) is 13.8 Å². The van der Waals surface area contributed by atoms with E-state index in [1.165, 1.54) is 6.33 Å². The maximum Gasteiger partial charge on any atom is 0.255 e. The van der Waals surface area contributed by atoms with Gasteiger partial charge in [0.1, 0.15) is 19.0 Å². The number of aryl methyl sites for hydroxylation is 1. The van der Waals surface area contributed by atoms with Crippen molar-refractivity contribution >= 4 is 49.4 Å². The monoisotopic (exact) mass is 651 g/mol. The number of nitrogens with zero attached hydrogens (tertiary/aromatic N) is 3. The second-order valence-electron chi connectivity index (χ2n) is 9.25. The van der Waals surface area contributed by atoms with Gasteiger partial charge in [-0.3, -0.25) is 4.79 Å². The summed E-state index contributed by atoms with van der Waals surface area (Å²) in [6, 6.07) is 17.0. The first-order chi connectivity index (χ1) is 18.8. The molecule has 3 aromatic carbocycles. The van der Waals surface area contributed by atoms with Crippen LogP contribution in [0.15, 0.2) is 81.1 Å². The summed E-state index contributed by atoms with van der Waals surface area (Å²) in [6.45, 7) is 6.24. The van der Waals surface area contributed by atoms with E-state index in [4.69, 9.17) is 9.47 Å². The first kappa shape index (κ1) is 27.0. The molecule has 0 spiro atoms. The van der Waals surface area contributed by atoms with E-state index in [-0.39, 0.29) is 5.91 Å². The number of benzene rings is 3. The zero-order chi connectivity index (χ0) is 27.7. The minimum absolute atomic E-state index is 0.232. The topological polar surface area (TPSA) is 90.3 Å². The van der Waals surface area contributed by atoms with Crippen molar-refractivity contribution in [1.29, 1.82) is 0 Å². The van der Waals surface area contributed by atoms with Crippen LogP contribution in [0.25, 0.3) is 0 Å². The van der Waals surface area contributed by atoms with Gasteiger partial charge in [-0.15, -0.1) is 0 Å². The molecule has 4 aromatic rings. The molecular weight excluding hydrogens is 626 g/mol. The first-order valence-corrected chi connectivity index (χ1v) is 13.8. The number of aromatic nitrogens is 3. The Bertz CT molecular complexity index is 1600. The molecule has 1 atom stereocenters. The molecule has 5 rings (SSSR count). The van der Waals surface area contributed by atoms with E-state index in [1.807, 2.05) is 75.4 Å². The summed E-state index contributed by atoms with van der Waals surface area (Å²) in [7, 11) is 1.59. The van der Waals surface area contributed by atoms with Gasteiger partial charge in [-0.2, -0.15) is 10.1 Å². The molecule has 2 heterocycles. The number of nitrogens with one attached hydrogen (secondary N) is 2. The number of carbonyl (C=O) groups excluding carboxylic acids is 1. The summed E-state index contributed by atoms with van der Waals surface area (Å²) >= 11 is 7.18. The number of hydrogen-bond donors (Lipinski definition) is 2. The highest BCUT2D eigenvalue weighted by Gasteiger charge is 2.34. The molecule has 1 aromatic heterocycles. The average Bonchev–Trinajstić information content (AvgIpc) is 3.37. The molecule has 8 nitrogen and oxygen atoms in total. The number of rotatable bonds is 7. The van der Waals surface area contributed by atoms with Gasteiger partial charge in [-0.05, 0) is 89.3 Å². The van der Waals surface area contributed by atoms with Gasteiger partial charge >= 0.3 is 0 Å². The van der Waals surface area contributed by atoms with Gasteiger partial charge < -0.3 is 20.1 Å². The Morgan fingerprint density at radius 2 is 1.90 bits per heavy atom. The molecule has 1 aliphatic heterocycles. The number of allylic oxidation sites excluding steroid dienone is 1. The third-order valence-corrected chi connectivity index (χ3v) is 7.81. The lowest BCUT2D eigenvalue weighted by Crippen LogP contribution is -2.31. The lowest BCUT2D eigenvalue weighted by Gasteiger charge is -2.29. The van der Waals surface area contributed by atoms with E-state index in [0.29, 0.717) is 39.8 Å². The molecule has 1 unspecified atom stereocenters. The molecule has 0 bridgehead atoms. The van der Waals surface area contributed by atoms with Crippen LogP contribution in [0.4, 0.5) is 11.6 Å². The predicted molar refractivity (Wildman–Crippen MR) is 158 cm³/mol. The molecule has 0 radical (unpaired) electrons. The fourth-order valence-electron chi connectivity index (χ4n) is 4.59. The number of ether oxygens (including phenoxy) is 2. The van der Waals surface area contributed by atoms with Gasteiger partial charge in [0, 0.05) is 15.9 Å². The molecule has 0 fully saturated rings. The van der Waals surface area contributed by atoms with Crippen molar-refractivity contribution in [3.63, 3.8) is 0 Å². The van der Waals surface area contributed by atoms with Gasteiger partial charge in [0.05, 0.1) is 17.2 Å². The number of hydrogen-bond acceptors (Lipinski definition) is 6. The quantitative estimate of drug-likeness (QED) is 0.225. The van der Waals surface area contributed by atoms with Crippen LogP contribution >= 0.6 is 31.9 Å². The highest BCUT2D eigenvalue weighted by molar-refractivity contribution is 9.10. The van der Waals surface area contributed by atoms with Gasteiger partial charge in [0.25, 0.3) is 5.91 Å². The van der Waals surface area contributed by atoms with Crippen LogP contribution in [0.3, 0.4) is 0 Å². The number of halogens is 2. The van der Waals surface area contributed by atoms with Gasteiger partial charge in [-0.1, -0.05) is 40.2 Å². The second kappa shape index (κ2) is 11.2. The van der Waals surface area contributed by atoms with Crippen LogP contribution in [0.5, 0.6) is 11.5 Å². The minimum atomic E-state index is -0.557. The maximum absolute atomic E-state index is 13.8. The Morgan fingerprint density at radius 1 is 1.10 bits per heavy atom. The molecule has 0 saturated carbocycles. The standard InChI is InChI=1S/C29H27Br2N5O3/c1-16-7-5-10-23(17(16)2)35-28(37)25-18(3)34-29-32-15-33-36(29)26(25)20-12-22(31)27(24(13-20)38-4)39-14-19-8-6-9-21(30)11-19/h5-13,15,26H,14H2,1-4H3,(H,35,37)(H,32,33,34). The fourth-order valence-corrected chi connectivity index (χ4v) is 5.61. The van der Waals surface area contributed by atoms with Crippen LogP contribution in [-0.4, -0.2) is 27.8 Å². The Kier molecular flexibility index (Phi) is 7.76. The highest BCUT2D eigenvalue weighted by atomic mass is 79.9. The van der Waals surface area contributed by atoms with Crippen molar-refractivity contribution in [3.05, 3.63) is 103 Å². The molecule has 2 N–H and O–H groups in total. The maximum atomic E-state index is 13.8. The number of amides is 1. The van der Waals surface area contributed by atoms with Crippen molar-refractivity contribution in [2.24, 2.45) is 0 Å². The Labute approximate surface area is 243 Å². The third-order valence-electron chi connectivity index (χ3n) is 6.73. The van der Waals surface area contributed by atoms with Crippen molar-refractivity contribution in [2.75, 3.05) is 17.7 Å². The van der Waals surface area contributed by atoms with Gasteiger partial charge in [0.2, 0.25) is 5.95 Å². The normalized spacial score (nSPS) is 14.5. The van der Waals surface area contributed by atoms with E-state index in [9.17, 15) is 4.79 Å². The van der Waals surface area contributed by atoms with Gasteiger partial charge in [0.15, 0.2) is 11.5 Å². The van der Waals surface area contributed by atoms with E-state index in [0.717, 1.165) is 32.4 Å². The first-order valence-electron chi connectivity index (χ1n) is 12.3. The summed E-state index contributed by atoms with van der Waals surface area (Å²) in [5.41, 5.74) is 5.88. The molecular formula is C29H27Br2N5O3. The lowest BCUT2D eigenvalue weighted by atomic mass is 9.94. The van der Waals surface area contributed by atoms with Crippen LogP contribution in [-0.2, 0) is 11.4 Å². The highest BCUT2D eigenvalue weighted by Crippen LogP contribution is 2.43. The van der Waals surface area contributed by atoms with E-state index >= 15 is 0 Å². The zero-order valence-electron chi connectivity index (χ0n) is 21.9. The number of anilines is 2. The number of fused-ring (bicyclic) bond motifs is 1. The summed E-state index contributed by atoms with van der Waals surface area (Å²) < 4.78 is 15.3. The second-order valence-corrected chi connectivity index (χ2v) is 11.0. The summed E-state index contributed by atoms with van der Waals surface area (Å²) in [4.78, 5) is 18.2. The number of carbonyl (C=O) groups is 1. The predicted octanol–water partition coefficient (Wildman–Crippen LogP) is 6.94. The van der Waals surface area contributed by atoms with Crippen molar-refractivity contribution in [2.45, 2.75) is 33.4 Å². The van der Waals surface area contributed by atoms with E-state index < -0.39 is 6.04 Å². The van der Waals surface area contributed by atoms with Crippen LogP contribution in [0.2, 0.25) is 0 Å². The van der Waals surface area contributed by atoms with Crippen molar-refractivity contribution in [1.82, 2.24) is 14.8 Å². The molecule has 39 heavy (non-hydrogen) atoms. The summed E-state index contributed by atoms with van der Waals surface area (Å²) in [6.07, 6.45) is 1.47. The smallest absolute Gasteiger partial charge is 0.255 e. The summed E-state index contributed by atoms with van der Waals surface area (Å²) in [5.74, 6) is 1.41. The molecule has 10 heteroatoms. The van der Waals surface area contributed by atoms with Crippen molar-refractivity contribution in [3.8, 4) is 11.5 Å². The fraction of sp³-hybridized carbons (Fsp3) is 0.207. The van der Waals surface area contributed by atoms with Gasteiger partial charge in [-0.25, -0.2) is 4.68 Å². The molecule has 0 saturated heterocycles. The molecule has 1 aliphatic rings. The third kappa shape index (κ3) is 5.44. The van der Waals surface area contributed by atoms with E-state index in [2.05, 4.69) is 52.6 Å². The lowest BCUT2D eigenvalue weighted by molar-refractivity contribution is -0.113. The largest absolute Gasteiger partial charge is 0.493 e. The Balaban J connectivity index is 1.52.